The maximum Gasteiger partial charge on any atom is 0.277 e. The summed E-state index contributed by atoms with van der Waals surface area (Å²) in [6, 6.07) is 15.9. The number of aromatic nitrogens is 3. The molecule has 0 amide bonds. The van der Waals surface area contributed by atoms with Crippen molar-refractivity contribution in [2.75, 3.05) is 13.7 Å². The summed E-state index contributed by atoms with van der Waals surface area (Å²) in [5, 5.41) is 10.8. The molecule has 1 aliphatic rings. The lowest BCUT2D eigenvalue weighted by Gasteiger charge is -2.24. The van der Waals surface area contributed by atoms with Gasteiger partial charge in [0.05, 0.1) is 17.5 Å². The van der Waals surface area contributed by atoms with E-state index in [1.807, 2.05) is 30.3 Å². The SMILES string of the molecule is COC[C@@H](c1ccccc1)n1c(CC2CC2)nc(O)c(S(=O)(=O)c2ccc(-c3ccnc(F)c3C)cc2)c1=O. The summed E-state index contributed by atoms with van der Waals surface area (Å²) in [4.78, 5) is 20.9. The van der Waals surface area contributed by atoms with Crippen molar-refractivity contribution in [1.29, 1.82) is 0 Å². The molecule has 4 aromatic rings. The number of pyridine rings is 1. The Balaban J connectivity index is 1.64. The number of hydrogen-bond acceptors (Lipinski definition) is 7. The Hall–Kier alpha value is -3.89. The lowest BCUT2D eigenvalue weighted by Crippen LogP contribution is -2.35. The van der Waals surface area contributed by atoms with Crippen molar-refractivity contribution >= 4 is 9.84 Å². The van der Waals surface area contributed by atoms with Crippen molar-refractivity contribution in [2.45, 2.75) is 42.0 Å². The van der Waals surface area contributed by atoms with Crippen molar-refractivity contribution in [3.8, 4) is 17.0 Å². The highest BCUT2D eigenvalue weighted by atomic mass is 32.2. The molecule has 1 N–H and O–H groups in total. The average molecular weight is 550 g/mol. The van der Waals surface area contributed by atoms with Gasteiger partial charge in [-0.05, 0) is 60.6 Å². The van der Waals surface area contributed by atoms with E-state index in [1.54, 1.807) is 13.0 Å². The number of halogens is 1. The lowest BCUT2D eigenvalue weighted by atomic mass is 10.0. The minimum Gasteiger partial charge on any atom is -0.492 e. The Bertz CT molecular complexity index is 1670. The number of aromatic hydroxyl groups is 1. The van der Waals surface area contributed by atoms with Crippen LogP contribution in [0.25, 0.3) is 11.1 Å². The van der Waals surface area contributed by atoms with Crippen LogP contribution in [0, 0.1) is 18.8 Å². The molecule has 5 rings (SSSR count). The van der Waals surface area contributed by atoms with E-state index < -0.39 is 38.2 Å². The van der Waals surface area contributed by atoms with E-state index >= 15 is 0 Å². The third-order valence-electron chi connectivity index (χ3n) is 7.00. The average Bonchev–Trinajstić information content (AvgIpc) is 3.74. The van der Waals surface area contributed by atoms with Crippen molar-refractivity contribution in [1.82, 2.24) is 14.5 Å². The van der Waals surface area contributed by atoms with E-state index in [4.69, 9.17) is 4.74 Å². The molecular weight excluding hydrogens is 521 g/mol. The summed E-state index contributed by atoms with van der Waals surface area (Å²) in [7, 11) is -2.97. The first-order valence-corrected chi connectivity index (χ1v) is 14.1. The molecule has 0 saturated heterocycles. The third kappa shape index (κ3) is 5.22. The smallest absolute Gasteiger partial charge is 0.277 e. The topological polar surface area (TPSA) is 111 Å². The molecule has 0 spiro atoms. The van der Waals surface area contributed by atoms with Crippen molar-refractivity contribution in [2.24, 2.45) is 5.92 Å². The lowest BCUT2D eigenvalue weighted by molar-refractivity contribution is 0.165. The van der Waals surface area contributed by atoms with E-state index in [2.05, 4.69) is 9.97 Å². The minimum absolute atomic E-state index is 0.101. The van der Waals surface area contributed by atoms with Crippen molar-refractivity contribution < 1.29 is 22.7 Å². The monoisotopic (exact) mass is 549 g/mol. The van der Waals surface area contributed by atoms with Crippen LogP contribution in [0.5, 0.6) is 5.88 Å². The molecule has 8 nitrogen and oxygen atoms in total. The predicted octanol–water partition coefficient (Wildman–Crippen LogP) is 4.48. The van der Waals surface area contributed by atoms with Gasteiger partial charge in [-0.1, -0.05) is 42.5 Å². The summed E-state index contributed by atoms with van der Waals surface area (Å²) in [5.74, 6) is -0.809. The van der Waals surface area contributed by atoms with E-state index in [9.17, 15) is 22.7 Å². The van der Waals surface area contributed by atoms with Crippen LogP contribution in [0.2, 0.25) is 0 Å². The first kappa shape index (κ1) is 26.7. The summed E-state index contributed by atoms with van der Waals surface area (Å²) < 4.78 is 48.2. The zero-order valence-corrected chi connectivity index (χ0v) is 22.4. The summed E-state index contributed by atoms with van der Waals surface area (Å²) in [5.41, 5.74) is 1.36. The number of sulfone groups is 1. The van der Waals surface area contributed by atoms with E-state index in [0.717, 1.165) is 18.4 Å². The van der Waals surface area contributed by atoms with Gasteiger partial charge in [0.2, 0.25) is 21.7 Å². The molecule has 2 heterocycles. The molecule has 1 atom stereocenters. The highest BCUT2D eigenvalue weighted by molar-refractivity contribution is 7.91. The zero-order valence-electron chi connectivity index (χ0n) is 21.5. The number of methoxy groups -OCH3 is 1. The molecule has 10 heteroatoms. The van der Waals surface area contributed by atoms with Gasteiger partial charge in [-0.2, -0.15) is 9.37 Å². The fraction of sp³-hybridized carbons (Fsp3) is 0.276. The van der Waals surface area contributed by atoms with Gasteiger partial charge in [-0.25, -0.2) is 13.4 Å². The molecular formula is C29H28FN3O5S. The highest BCUT2D eigenvalue weighted by Gasteiger charge is 2.34. The summed E-state index contributed by atoms with van der Waals surface area (Å²) >= 11 is 0. The van der Waals surface area contributed by atoms with E-state index in [0.29, 0.717) is 34.9 Å². The van der Waals surface area contributed by atoms with Gasteiger partial charge in [0.25, 0.3) is 5.56 Å². The number of ether oxygens (including phenoxy) is 1. The van der Waals surface area contributed by atoms with E-state index in [-0.39, 0.29) is 11.5 Å². The van der Waals surface area contributed by atoms with Crippen LogP contribution in [0.1, 0.15) is 35.8 Å². The molecule has 39 heavy (non-hydrogen) atoms. The first-order chi connectivity index (χ1) is 18.7. The molecule has 1 saturated carbocycles. The van der Waals surface area contributed by atoms with Crippen LogP contribution >= 0.6 is 0 Å². The van der Waals surface area contributed by atoms with E-state index in [1.165, 1.54) is 42.1 Å². The predicted molar refractivity (Wildman–Crippen MR) is 143 cm³/mol. The number of hydrogen-bond donors (Lipinski definition) is 1. The minimum atomic E-state index is -4.47. The Morgan fingerprint density at radius 3 is 2.44 bits per heavy atom. The molecule has 1 aliphatic carbocycles. The first-order valence-electron chi connectivity index (χ1n) is 12.6. The van der Waals surface area contributed by atoms with Crippen LogP contribution in [-0.2, 0) is 21.0 Å². The van der Waals surface area contributed by atoms with Crippen LogP contribution in [0.3, 0.4) is 0 Å². The van der Waals surface area contributed by atoms with Gasteiger partial charge < -0.3 is 9.84 Å². The van der Waals surface area contributed by atoms with Gasteiger partial charge >= 0.3 is 0 Å². The van der Waals surface area contributed by atoms with Gasteiger partial charge in [0.1, 0.15) is 5.82 Å². The zero-order chi connectivity index (χ0) is 27.7. The second-order valence-corrected chi connectivity index (χ2v) is 11.6. The Labute approximate surface area is 225 Å². The molecule has 0 bridgehead atoms. The normalized spacial score (nSPS) is 14.3. The summed E-state index contributed by atoms with van der Waals surface area (Å²) in [6.45, 7) is 1.69. The standard InChI is InChI=1S/C29H28FN3O5S/c1-18-23(14-15-31-27(18)30)20-10-12-22(13-11-20)39(36,37)26-28(34)32-25(16-19-8-9-19)33(29(26)35)24(17-38-2)21-6-4-3-5-7-21/h3-7,10-15,19,24,34H,8-9,16-17H2,1-2H3/t24-/m0/s1. The largest absolute Gasteiger partial charge is 0.492 e. The number of nitrogens with zero attached hydrogens (tertiary/aromatic N) is 3. The molecule has 0 radical (unpaired) electrons. The van der Waals surface area contributed by atoms with Gasteiger partial charge in [-0.15, -0.1) is 0 Å². The van der Waals surface area contributed by atoms with Crippen molar-refractivity contribution in [3.05, 3.63) is 100 Å². The Morgan fingerprint density at radius 1 is 1.10 bits per heavy atom. The van der Waals surface area contributed by atoms with Gasteiger partial charge in [-0.3, -0.25) is 9.36 Å². The third-order valence-corrected chi connectivity index (χ3v) is 8.79. The second-order valence-electron chi connectivity index (χ2n) is 9.69. The molecule has 0 aliphatic heterocycles. The fourth-order valence-corrected chi connectivity index (χ4v) is 6.08. The Morgan fingerprint density at radius 2 is 1.79 bits per heavy atom. The maximum absolute atomic E-state index is 14.0. The van der Waals surface area contributed by atoms with Crippen molar-refractivity contribution in [3.63, 3.8) is 0 Å². The Kier molecular flexibility index (Phi) is 7.33. The van der Waals surface area contributed by atoms with Crippen LogP contribution in [0.4, 0.5) is 4.39 Å². The van der Waals surface area contributed by atoms with Crippen LogP contribution in [-0.4, -0.2) is 41.8 Å². The molecule has 1 fully saturated rings. The highest BCUT2D eigenvalue weighted by Crippen LogP contribution is 2.35. The maximum atomic E-state index is 14.0. The molecule has 202 valence electrons. The summed E-state index contributed by atoms with van der Waals surface area (Å²) in [6.07, 6.45) is 3.72. The molecule has 2 aromatic heterocycles. The molecule has 0 unspecified atom stereocenters. The molecule has 2 aromatic carbocycles. The number of rotatable bonds is 9. The number of benzene rings is 2. The fourth-order valence-electron chi connectivity index (χ4n) is 4.74. The van der Waals surface area contributed by atoms with Gasteiger partial charge in [0.15, 0.2) is 4.90 Å². The van der Waals surface area contributed by atoms with Crippen LogP contribution < -0.4 is 5.56 Å². The van der Waals surface area contributed by atoms with Gasteiger partial charge in [0, 0.05) is 25.3 Å². The quantitative estimate of drug-likeness (QED) is 0.307. The van der Waals surface area contributed by atoms with Crippen LogP contribution in [0.15, 0.2) is 81.4 Å². The second kappa shape index (κ2) is 10.7.